The average molecular weight is 494 g/mol. The minimum absolute atomic E-state index is 0.214. The van der Waals surface area contributed by atoms with Gasteiger partial charge in [-0.3, -0.25) is 9.59 Å². The Morgan fingerprint density at radius 3 is 2.36 bits per heavy atom. The standard InChI is InChI=1S/C27H31N3O6/c1-33-21-14-22(27(32)29-11-7-10-20(29)15-28)30(16-21)26(31)19-12-23(34-2)25(24(13-19)35-3)36-17-18-8-5-4-6-9-18/h4-6,8-9,12-13,20-22H,7,10-11,14,16-17H2,1-3H3/t20-,21+,22-/m0/s1. The summed E-state index contributed by atoms with van der Waals surface area (Å²) >= 11 is 0. The molecule has 2 heterocycles. The summed E-state index contributed by atoms with van der Waals surface area (Å²) in [6.07, 6.45) is 1.53. The van der Waals surface area contributed by atoms with Gasteiger partial charge >= 0.3 is 0 Å². The van der Waals surface area contributed by atoms with Crippen LogP contribution in [0.3, 0.4) is 0 Å². The number of carbonyl (C=O) groups excluding carboxylic acids is 2. The third-order valence-electron chi connectivity index (χ3n) is 6.76. The molecule has 9 heteroatoms. The highest BCUT2D eigenvalue weighted by Crippen LogP contribution is 2.40. The number of ether oxygens (including phenoxy) is 4. The van der Waals surface area contributed by atoms with Crippen LogP contribution in [0.15, 0.2) is 42.5 Å². The van der Waals surface area contributed by atoms with E-state index < -0.39 is 12.1 Å². The van der Waals surface area contributed by atoms with Gasteiger partial charge in [-0.1, -0.05) is 30.3 Å². The molecule has 0 aromatic heterocycles. The van der Waals surface area contributed by atoms with Crippen LogP contribution >= 0.6 is 0 Å². The highest BCUT2D eigenvalue weighted by Gasteiger charge is 2.44. The van der Waals surface area contributed by atoms with E-state index in [2.05, 4.69) is 6.07 Å². The van der Waals surface area contributed by atoms with E-state index in [1.54, 1.807) is 24.1 Å². The highest BCUT2D eigenvalue weighted by molar-refractivity contribution is 5.99. The summed E-state index contributed by atoms with van der Waals surface area (Å²) < 4.78 is 22.6. The molecule has 3 atom stereocenters. The minimum Gasteiger partial charge on any atom is -0.493 e. The van der Waals surface area contributed by atoms with Crippen molar-refractivity contribution in [2.24, 2.45) is 0 Å². The number of rotatable bonds is 8. The molecule has 0 aliphatic carbocycles. The Kier molecular flexibility index (Phi) is 7.96. The van der Waals surface area contributed by atoms with Crippen molar-refractivity contribution in [2.75, 3.05) is 34.4 Å². The van der Waals surface area contributed by atoms with E-state index >= 15 is 0 Å². The summed E-state index contributed by atoms with van der Waals surface area (Å²) in [5, 5.41) is 9.45. The lowest BCUT2D eigenvalue weighted by Crippen LogP contribution is -2.49. The van der Waals surface area contributed by atoms with Gasteiger partial charge in [0.05, 0.1) is 26.4 Å². The second-order valence-electron chi connectivity index (χ2n) is 8.87. The fraction of sp³-hybridized carbons (Fsp3) is 0.444. The van der Waals surface area contributed by atoms with Crippen molar-refractivity contribution < 1.29 is 28.5 Å². The first-order valence-corrected chi connectivity index (χ1v) is 12.0. The predicted octanol–water partition coefficient (Wildman–Crippen LogP) is 3.03. The zero-order chi connectivity index (χ0) is 25.7. The van der Waals surface area contributed by atoms with Crippen LogP contribution in [0.5, 0.6) is 17.2 Å². The third-order valence-corrected chi connectivity index (χ3v) is 6.76. The topological polar surface area (TPSA) is 101 Å². The Hall–Kier alpha value is -3.77. The van der Waals surface area contributed by atoms with Crippen molar-refractivity contribution in [3.63, 3.8) is 0 Å². The molecule has 2 saturated heterocycles. The molecular weight excluding hydrogens is 462 g/mol. The molecule has 0 spiro atoms. The van der Waals surface area contributed by atoms with Gasteiger partial charge in [-0.15, -0.1) is 0 Å². The Morgan fingerprint density at radius 1 is 1.06 bits per heavy atom. The zero-order valence-electron chi connectivity index (χ0n) is 20.8. The van der Waals surface area contributed by atoms with Crippen LogP contribution in [0.25, 0.3) is 0 Å². The molecule has 190 valence electrons. The van der Waals surface area contributed by atoms with Crippen LogP contribution in [0, 0.1) is 11.3 Å². The molecule has 0 unspecified atom stereocenters. The summed E-state index contributed by atoms with van der Waals surface area (Å²) in [5.41, 5.74) is 1.28. The maximum atomic E-state index is 13.7. The normalized spacial score (nSPS) is 21.2. The van der Waals surface area contributed by atoms with E-state index in [0.29, 0.717) is 48.8 Å². The second kappa shape index (κ2) is 11.3. The van der Waals surface area contributed by atoms with Crippen LogP contribution in [-0.4, -0.2) is 74.2 Å². The zero-order valence-corrected chi connectivity index (χ0v) is 20.8. The van der Waals surface area contributed by atoms with E-state index in [1.807, 2.05) is 30.3 Å². The molecule has 9 nitrogen and oxygen atoms in total. The van der Waals surface area contributed by atoms with Gasteiger partial charge in [0.25, 0.3) is 5.91 Å². The SMILES string of the molecule is COc1cc(C(=O)N2C[C@H](OC)C[C@H]2C(=O)N2CCC[C@H]2C#N)cc(OC)c1OCc1ccccc1. The van der Waals surface area contributed by atoms with E-state index in [4.69, 9.17) is 18.9 Å². The molecule has 2 aromatic rings. The first kappa shape index (κ1) is 25.3. The fourth-order valence-electron chi connectivity index (χ4n) is 4.82. The van der Waals surface area contributed by atoms with Crippen molar-refractivity contribution in [3.05, 3.63) is 53.6 Å². The van der Waals surface area contributed by atoms with Gasteiger partial charge in [0.1, 0.15) is 18.7 Å². The maximum absolute atomic E-state index is 13.7. The van der Waals surface area contributed by atoms with Crippen molar-refractivity contribution >= 4 is 11.8 Å². The molecule has 0 saturated carbocycles. The quantitative estimate of drug-likeness (QED) is 0.557. The van der Waals surface area contributed by atoms with E-state index in [1.165, 1.54) is 19.1 Å². The molecule has 0 radical (unpaired) electrons. The molecule has 2 aromatic carbocycles. The van der Waals surface area contributed by atoms with Gasteiger partial charge in [-0.25, -0.2) is 0 Å². The van der Waals surface area contributed by atoms with Gasteiger partial charge in [0.2, 0.25) is 11.7 Å². The van der Waals surface area contributed by atoms with E-state index in [9.17, 15) is 14.9 Å². The van der Waals surface area contributed by atoms with Gasteiger partial charge in [0.15, 0.2) is 11.5 Å². The maximum Gasteiger partial charge on any atom is 0.254 e. The molecule has 2 aliphatic rings. The number of methoxy groups -OCH3 is 3. The monoisotopic (exact) mass is 493 g/mol. The first-order valence-electron chi connectivity index (χ1n) is 12.0. The Bertz CT molecular complexity index is 1110. The summed E-state index contributed by atoms with van der Waals surface area (Å²) in [6, 6.07) is 13.9. The number of hydrogen-bond donors (Lipinski definition) is 0. The largest absolute Gasteiger partial charge is 0.493 e. The molecule has 0 N–H and O–H groups in total. The molecule has 2 fully saturated rings. The first-order chi connectivity index (χ1) is 17.5. The number of benzene rings is 2. The second-order valence-corrected chi connectivity index (χ2v) is 8.87. The molecule has 2 aliphatic heterocycles. The molecule has 4 rings (SSSR count). The Balaban J connectivity index is 1.60. The molecular formula is C27H31N3O6. The van der Waals surface area contributed by atoms with Gasteiger partial charge in [-0.2, -0.15) is 5.26 Å². The van der Waals surface area contributed by atoms with Crippen LogP contribution in [0.2, 0.25) is 0 Å². The van der Waals surface area contributed by atoms with Crippen molar-refractivity contribution in [1.29, 1.82) is 5.26 Å². The van der Waals surface area contributed by atoms with Gasteiger partial charge in [-0.05, 0) is 30.5 Å². The number of nitrogens with zero attached hydrogens (tertiary/aromatic N) is 3. The molecule has 0 bridgehead atoms. The van der Waals surface area contributed by atoms with E-state index in [0.717, 1.165) is 12.0 Å². The predicted molar refractivity (Wildman–Crippen MR) is 131 cm³/mol. The lowest BCUT2D eigenvalue weighted by molar-refractivity contribution is -0.135. The smallest absolute Gasteiger partial charge is 0.254 e. The van der Waals surface area contributed by atoms with Crippen LogP contribution in [-0.2, 0) is 16.1 Å². The summed E-state index contributed by atoms with van der Waals surface area (Å²) in [7, 11) is 4.56. The van der Waals surface area contributed by atoms with E-state index in [-0.39, 0.29) is 24.5 Å². The highest BCUT2D eigenvalue weighted by atomic mass is 16.5. The third kappa shape index (κ3) is 5.09. The number of hydrogen-bond acceptors (Lipinski definition) is 7. The van der Waals surface area contributed by atoms with Crippen molar-refractivity contribution in [3.8, 4) is 23.3 Å². The van der Waals surface area contributed by atoms with Crippen LogP contribution in [0.1, 0.15) is 35.2 Å². The van der Waals surface area contributed by atoms with Crippen LogP contribution in [0.4, 0.5) is 0 Å². The van der Waals surface area contributed by atoms with Crippen molar-refractivity contribution in [1.82, 2.24) is 9.80 Å². The Morgan fingerprint density at radius 2 is 1.75 bits per heavy atom. The van der Waals surface area contributed by atoms with Gasteiger partial charge in [0, 0.05) is 32.2 Å². The fourth-order valence-corrected chi connectivity index (χ4v) is 4.82. The molecule has 36 heavy (non-hydrogen) atoms. The van der Waals surface area contributed by atoms with Crippen LogP contribution < -0.4 is 14.2 Å². The number of amides is 2. The molecule has 2 amide bonds. The average Bonchev–Trinajstić information content (AvgIpc) is 3.58. The lowest BCUT2D eigenvalue weighted by Gasteiger charge is -2.29. The summed E-state index contributed by atoms with van der Waals surface area (Å²) in [4.78, 5) is 30.2. The Labute approximate surface area is 211 Å². The number of carbonyl (C=O) groups is 2. The lowest BCUT2D eigenvalue weighted by atomic mass is 10.1. The number of likely N-dealkylation sites (tertiary alicyclic amines) is 2. The van der Waals surface area contributed by atoms with Gasteiger partial charge < -0.3 is 28.7 Å². The minimum atomic E-state index is -0.706. The number of nitriles is 1. The van der Waals surface area contributed by atoms with Crippen molar-refractivity contribution in [2.45, 2.75) is 44.1 Å². The summed E-state index contributed by atoms with van der Waals surface area (Å²) in [6.45, 7) is 1.09. The summed E-state index contributed by atoms with van der Waals surface area (Å²) in [5.74, 6) is 0.532.